The molecule has 13 heteroatoms. The Kier molecular flexibility index (Phi) is 12.3. The van der Waals surface area contributed by atoms with Crippen LogP contribution in [0.1, 0.15) is 81.1 Å². The third kappa shape index (κ3) is 9.75. The fourth-order valence-corrected chi connectivity index (χ4v) is 9.89. The number of anilines is 1. The van der Waals surface area contributed by atoms with E-state index in [2.05, 4.69) is 40.6 Å². The van der Waals surface area contributed by atoms with Crippen LogP contribution in [0.2, 0.25) is 10.0 Å². The Morgan fingerprint density at radius 1 is 0.932 bits per heavy atom. The van der Waals surface area contributed by atoms with Crippen molar-refractivity contribution in [2.45, 2.75) is 70.1 Å². The van der Waals surface area contributed by atoms with Gasteiger partial charge in [0, 0.05) is 60.9 Å². The summed E-state index contributed by atoms with van der Waals surface area (Å²) in [5.41, 5.74) is 6.07. The van der Waals surface area contributed by atoms with E-state index in [1.807, 2.05) is 42.5 Å². The van der Waals surface area contributed by atoms with Gasteiger partial charge in [-0.25, -0.2) is 18.1 Å². The highest BCUT2D eigenvalue weighted by atomic mass is 35.5. The normalized spacial score (nSPS) is 17.9. The first-order valence-corrected chi connectivity index (χ1v) is 22.7. The van der Waals surface area contributed by atoms with Gasteiger partial charge in [0.25, 0.3) is 15.9 Å². The number of nitrogens with zero attached hydrogens (tertiary/aromatic N) is 3. The minimum atomic E-state index is -4.33. The van der Waals surface area contributed by atoms with Crippen LogP contribution in [0.5, 0.6) is 11.5 Å². The number of amides is 1. The van der Waals surface area contributed by atoms with E-state index in [0.29, 0.717) is 43.1 Å². The van der Waals surface area contributed by atoms with Crippen LogP contribution < -0.4 is 19.2 Å². The summed E-state index contributed by atoms with van der Waals surface area (Å²) < 4.78 is 42.3. The maximum Gasteiger partial charge on any atom is 0.268 e. The lowest BCUT2D eigenvalue weighted by atomic mass is 9.70. The van der Waals surface area contributed by atoms with E-state index in [-0.39, 0.29) is 26.6 Å². The van der Waals surface area contributed by atoms with Crippen molar-refractivity contribution in [2.75, 3.05) is 37.8 Å². The summed E-state index contributed by atoms with van der Waals surface area (Å²) in [5, 5.41) is 1.74. The number of carbonyl (C=O) groups excluding carboxylic acids is 1. The van der Waals surface area contributed by atoms with E-state index < -0.39 is 15.9 Å². The summed E-state index contributed by atoms with van der Waals surface area (Å²) in [5.74, 6) is 0.617. The molecule has 2 fully saturated rings. The van der Waals surface area contributed by atoms with E-state index in [1.165, 1.54) is 40.5 Å². The molecule has 59 heavy (non-hydrogen) atoms. The SMILES string of the molecule is CC1(C)CCC(CC2CCN(c3ccc(C(=O)NS(=O)(=O)c4ccc(OCC5CCOCC5)c(Cl)c4)c(On4ccc5cccnc54)c3)CC2)=C(c2ccc(Cl)cc2)C1. The number of fused-ring (bicyclic) bond motifs is 1. The molecule has 3 aromatic carbocycles. The van der Waals surface area contributed by atoms with Gasteiger partial charge in [-0.1, -0.05) is 54.8 Å². The second-order valence-electron chi connectivity index (χ2n) is 16.8. The Balaban J connectivity index is 0.991. The summed E-state index contributed by atoms with van der Waals surface area (Å²) in [6, 6.07) is 23.4. The molecule has 0 unspecified atom stereocenters. The van der Waals surface area contributed by atoms with Crippen LogP contribution in [-0.2, 0) is 14.8 Å². The smallest absolute Gasteiger partial charge is 0.268 e. The van der Waals surface area contributed by atoms with Crippen LogP contribution in [0.3, 0.4) is 0 Å². The molecule has 3 aliphatic rings. The van der Waals surface area contributed by atoms with Crippen LogP contribution in [0.4, 0.5) is 5.69 Å². The first-order chi connectivity index (χ1) is 28.4. The maximum absolute atomic E-state index is 13.9. The van der Waals surface area contributed by atoms with Gasteiger partial charge in [-0.15, -0.1) is 0 Å². The van der Waals surface area contributed by atoms with Gasteiger partial charge in [0.2, 0.25) is 0 Å². The van der Waals surface area contributed by atoms with Crippen molar-refractivity contribution in [1.82, 2.24) is 14.4 Å². The predicted octanol–water partition coefficient (Wildman–Crippen LogP) is 10.4. The highest BCUT2D eigenvalue weighted by molar-refractivity contribution is 7.90. The zero-order valence-corrected chi connectivity index (χ0v) is 35.8. The van der Waals surface area contributed by atoms with E-state index in [0.717, 1.165) is 74.1 Å². The molecule has 4 heterocycles. The predicted molar refractivity (Wildman–Crippen MR) is 233 cm³/mol. The first kappa shape index (κ1) is 41.2. The van der Waals surface area contributed by atoms with E-state index in [1.54, 1.807) is 24.0 Å². The number of nitrogens with one attached hydrogen (secondary N) is 1. The number of hydrogen-bond donors (Lipinski definition) is 1. The van der Waals surface area contributed by atoms with Gasteiger partial charge in [-0.05, 0) is 140 Å². The monoisotopic (exact) mass is 856 g/mol. The van der Waals surface area contributed by atoms with Crippen molar-refractivity contribution in [1.29, 1.82) is 0 Å². The second kappa shape index (κ2) is 17.6. The van der Waals surface area contributed by atoms with Crippen molar-refractivity contribution in [3.8, 4) is 11.5 Å². The number of aromatic nitrogens is 2. The van der Waals surface area contributed by atoms with Crippen LogP contribution in [0.15, 0.2) is 102 Å². The highest BCUT2D eigenvalue weighted by Crippen LogP contribution is 2.46. The number of benzene rings is 3. The van der Waals surface area contributed by atoms with E-state index in [9.17, 15) is 13.2 Å². The molecule has 2 aliphatic heterocycles. The molecule has 8 rings (SSSR count). The van der Waals surface area contributed by atoms with Gasteiger partial charge in [-0.2, -0.15) is 4.73 Å². The molecule has 0 atom stereocenters. The minimum Gasteiger partial charge on any atom is -0.492 e. The molecular weight excluding hydrogens is 808 g/mol. The van der Waals surface area contributed by atoms with Crippen LogP contribution in [0.25, 0.3) is 16.6 Å². The van der Waals surface area contributed by atoms with E-state index in [4.69, 9.17) is 37.5 Å². The van der Waals surface area contributed by atoms with Crippen LogP contribution in [-0.4, -0.2) is 56.9 Å². The van der Waals surface area contributed by atoms with Crippen molar-refractivity contribution >= 4 is 61.4 Å². The average Bonchev–Trinajstić information content (AvgIpc) is 3.64. The van der Waals surface area contributed by atoms with Crippen molar-refractivity contribution in [3.05, 3.63) is 118 Å². The summed E-state index contributed by atoms with van der Waals surface area (Å²) in [7, 11) is -4.33. The summed E-state index contributed by atoms with van der Waals surface area (Å²) in [6.45, 7) is 8.23. The number of rotatable bonds is 12. The molecule has 0 radical (unpaired) electrons. The van der Waals surface area contributed by atoms with Gasteiger partial charge < -0.3 is 19.2 Å². The number of hydrogen-bond acceptors (Lipinski definition) is 8. The number of pyridine rings is 1. The van der Waals surface area contributed by atoms with Crippen molar-refractivity contribution < 1.29 is 27.5 Å². The fraction of sp³-hybridized carbons (Fsp3) is 0.391. The highest BCUT2D eigenvalue weighted by Gasteiger charge is 2.31. The van der Waals surface area contributed by atoms with Gasteiger partial charge >= 0.3 is 0 Å². The molecule has 1 N–H and O–H groups in total. The summed E-state index contributed by atoms with van der Waals surface area (Å²) >= 11 is 12.7. The van der Waals surface area contributed by atoms with Gasteiger partial charge in [-0.3, -0.25) is 4.79 Å². The Morgan fingerprint density at radius 2 is 1.71 bits per heavy atom. The third-order valence-electron chi connectivity index (χ3n) is 12.0. The molecule has 5 aromatic rings. The number of carbonyl (C=O) groups is 1. The maximum atomic E-state index is 13.9. The standard InChI is InChI=1S/C46H50Cl2N4O6S/c1-46(2)19-13-35(40(29-46)33-5-7-36(47)8-6-33)26-31-14-21-51(22-15-31)37-9-11-39(43(27-37)58-52-23-16-34-4-3-20-49-44(34)52)45(53)50-59(54,55)38-10-12-42(41(48)28-38)57-30-32-17-24-56-25-18-32/h3-12,16,20,23,27-28,31-32H,13-15,17-19,21-22,24-26,29-30H2,1-2H3,(H,50,53). The van der Waals surface area contributed by atoms with Gasteiger partial charge in [0.15, 0.2) is 11.4 Å². The molecule has 0 saturated carbocycles. The second-order valence-corrected chi connectivity index (χ2v) is 19.3. The Morgan fingerprint density at radius 3 is 2.47 bits per heavy atom. The Hall–Kier alpha value is -4.55. The molecular formula is C46H50Cl2N4O6S. The quantitative estimate of drug-likeness (QED) is 0.132. The number of sulfonamides is 1. The lowest BCUT2D eigenvalue weighted by Crippen LogP contribution is -2.34. The van der Waals surface area contributed by atoms with E-state index >= 15 is 0 Å². The number of ether oxygens (including phenoxy) is 2. The summed E-state index contributed by atoms with van der Waals surface area (Å²) in [4.78, 5) is 26.9. The number of piperidine rings is 1. The zero-order valence-electron chi connectivity index (χ0n) is 33.5. The van der Waals surface area contributed by atoms with Gasteiger partial charge in [0.05, 0.1) is 22.1 Å². The average molecular weight is 858 g/mol. The molecule has 0 bridgehead atoms. The van der Waals surface area contributed by atoms with Crippen molar-refractivity contribution in [2.24, 2.45) is 17.3 Å². The number of halogens is 2. The molecule has 1 amide bonds. The lowest BCUT2D eigenvalue weighted by molar-refractivity contribution is 0.0497. The van der Waals surface area contributed by atoms with Crippen LogP contribution in [0, 0.1) is 17.3 Å². The van der Waals surface area contributed by atoms with Crippen LogP contribution >= 0.6 is 23.2 Å². The third-order valence-corrected chi connectivity index (χ3v) is 13.8. The molecule has 2 saturated heterocycles. The molecule has 0 spiro atoms. The minimum absolute atomic E-state index is 0.0504. The molecule has 310 valence electrons. The largest absolute Gasteiger partial charge is 0.492 e. The van der Waals surface area contributed by atoms with Crippen molar-refractivity contribution in [3.63, 3.8) is 0 Å². The Bertz CT molecular complexity index is 2450. The molecule has 2 aromatic heterocycles. The molecule has 10 nitrogen and oxygen atoms in total. The van der Waals surface area contributed by atoms with Gasteiger partial charge in [0.1, 0.15) is 5.75 Å². The Labute approximate surface area is 356 Å². The topological polar surface area (TPSA) is 112 Å². The zero-order chi connectivity index (χ0) is 41.1. The number of allylic oxidation sites excluding steroid dienone is 2. The molecule has 1 aliphatic carbocycles. The summed E-state index contributed by atoms with van der Waals surface area (Å²) in [6.07, 6.45) is 11.6. The lowest BCUT2D eigenvalue weighted by Gasteiger charge is -2.37. The fourth-order valence-electron chi connectivity index (χ4n) is 8.47. The first-order valence-electron chi connectivity index (χ1n) is 20.4.